The van der Waals surface area contributed by atoms with Gasteiger partial charge in [-0.05, 0) is 44.2 Å². The van der Waals surface area contributed by atoms with Crippen LogP contribution in [0.5, 0.6) is 0 Å². The Labute approximate surface area is 208 Å². The maximum Gasteiger partial charge on any atom is 0.303 e. The summed E-state index contributed by atoms with van der Waals surface area (Å²) in [5.41, 5.74) is 0. The van der Waals surface area contributed by atoms with Gasteiger partial charge in [0.1, 0.15) is 6.10 Å². The molecule has 0 amide bonds. The van der Waals surface area contributed by atoms with Crippen molar-refractivity contribution in [1.29, 1.82) is 0 Å². The van der Waals surface area contributed by atoms with Crippen molar-refractivity contribution in [3.05, 3.63) is 54.6 Å². The van der Waals surface area contributed by atoms with E-state index in [1.165, 1.54) is 19.8 Å². The Kier molecular flexibility index (Phi) is 13.1. The minimum absolute atomic E-state index is 0.00359. The number of hydrogen-bond acceptors (Lipinski definition) is 5. The third kappa shape index (κ3) is 10.1. The molecule has 188 valence electrons. The highest BCUT2D eigenvalue weighted by molar-refractivity contribution is 8.00. The van der Waals surface area contributed by atoms with Gasteiger partial charge < -0.3 is 14.9 Å². The summed E-state index contributed by atoms with van der Waals surface area (Å²) >= 11 is 1.75. The van der Waals surface area contributed by atoms with Crippen LogP contribution in [-0.2, 0) is 14.3 Å². The normalized spacial score (nSPS) is 23.5. The van der Waals surface area contributed by atoms with E-state index in [-0.39, 0.29) is 35.6 Å². The van der Waals surface area contributed by atoms with Crippen molar-refractivity contribution >= 4 is 23.7 Å². The summed E-state index contributed by atoms with van der Waals surface area (Å²) in [5.74, 6) is -1.17. The van der Waals surface area contributed by atoms with Gasteiger partial charge in [-0.15, -0.1) is 11.8 Å². The van der Waals surface area contributed by atoms with E-state index in [1.807, 2.05) is 24.3 Å². The Morgan fingerprint density at radius 2 is 1.85 bits per heavy atom. The lowest BCUT2D eigenvalue weighted by molar-refractivity contribution is -0.148. The molecule has 1 aromatic rings. The minimum Gasteiger partial charge on any atom is -0.481 e. The standard InChI is InChI=1S/C28H40O5S/c1-3-4-5-6-13-18-26(34-22-15-10-9-11-16-22)28-23(17-12-7-8-14-19-27(31)32)25(20-24(28)30)33-21(2)29/h7,9-13,15-16,18,23-26,28,30H,3-6,8,14,17,19-20H2,1-2H3,(H,31,32)/b12-7-,18-13+/t23-,24-,25+,26+,28-/m0/s1. The second-order valence-electron chi connectivity index (χ2n) is 9.00. The molecule has 6 heteroatoms. The van der Waals surface area contributed by atoms with Crippen molar-refractivity contribution < 1.29 is 24.5 Å². The zero-order valence-corrected chi connectivity index (χ0v) is 21.3. The monoisotopic (exact) mass is 488 g/mol. The average Bonchev–Trinajstić information content (AvgIpc) is 3.09. The molecule has 0 heterocycles. The molecule has 1 aliphatic carbocycles. The van der Waals surface area contributed by atoms with E-state index >= 15 is 0 Å². The predicted molar refractivity (Wildman–Crippen MR) is 138 cm³/mol. The van der Waals surface area contributed by atoms with E-state index in [9.17, 15) is 14.7 Å². The van der Waals surface area contributed by atoms with Gasteiger partial charge in [0.25, 0.3) is 0 Å². The molecule has 1 saturated carbocycles. The van der Waals surface area contributed by atoms with Crippen molar-refractivity contribution in [3.8, 4) is 0 Å². The van der Waals surface area contributed by atoms with Crippen LogP contribution in [0.4, 0.5) is 0 Å². The Bertz CT molecular complexity index is 791. The lowest BCUT2D eigenvalue weighted by Gasteiger charge is -2.29. The van der Waals surface area contributed by atoms with E-state index in [2.05, 4.69) is 37.3 Å². The van der Waals surface area contributed by atoms with Crippen LogP contribution in [0.25, 0.3) is 0 Å². The first-order valence-corrected chi connectivity index (χ1v) is 13.4. The minimum atomic E-state index is -0.784. The van der Waals surface area contributed by atoms with Crippen molar-refractivity contribution in [1.82, 2.24) is 0 Å². The van der Waals surface area contributed by atoms with E-state index in [0.29, 0.717) is 25.7 Å². The summed E-state index contributed by atoms with van der Waals surface area (Å²) in [6.45, 7) is 3.62. The number of aliphatic carboxylic acids is 1. The molecule has 0 spiro atoms. The molecule has 2 N–H and O–H groups in total. The van der Waals surface area contributed by atoms with E-state index in [1.54, 1.807) is 11.8 Å². The first kappa shape index (κ1) is 28.2. The van der Waals surface area contributed by atoms with Crippen LogP contribution in [0.2, 0.25) is 0 Å². The van der Waals surface area contributed by atoms with Crippen LogP contribution in [-0.4, -0.2) is 39.6 Å². The quantitative estimate of drug-likeness (QED) is 0.128. The Morgan fingerprint density at radius 1 is 1.12 bits per heavy atom. The number of allylic oxidation sites excluding steroid dienone is 3. The summed E-state index contributed by atoms with van der Waals surface area (Å²) in [4.78, 5) is 23.7. The third-order valence-electron chi connectivity index (χ3n) is 6.24. The first-order chi connectivity index (χ1) is 16.4. The predicted octanol–water partition coefficient (Wildman–Crippen LogP) is 6.41. The molecule has 1 aliphatic rings. The van der Waals surface area contributed by atoms with Gasteiger partial charge in [-0.25, -0.2) is 0 Å². The second kappa shape index (κ2) is 15.8. The number of hydrogen-bond donors (Lipinski definition) is 2. The third-order valence-corrected chi connectivity index (χ3v) is 7.53. The Balaban J connectivity index is 2.19. The zero-order valence-electron chi connectivity index (χ0n) is 20.5. The van der Waals surface area contributed by atoms with Gasteiger partial charge in [0.15, 0.2) is 0 Å². The number of carbonyl (C=O) groups is 2. The summed E-state index contributed by atoms with van der Waals surface area (Å²) < 4.78 is 5.65. The number of carboxylic acids is 1. The molecular formula is C28H40O5S. The van der Waals surface area contributed by atoms with Crippen LogP contribution < -0.4 is 0 Å². The molecule has 0 unspecified atom stereocenters. The molecule has 0 saturated heterocycles. The highest BCUT2D eigenvalue weighted by Gasteiger charge is 2.46. The molecule has 0 bridgehead atoms. The summed E-state index contributed by atoms with van der Waals surface area (Å²) in [6.07, 6.45) is 14.8. The van der Waals surface area contributed by atoms with Gasteiger partial charge in [-0.1, -0.05) is 62.3 Å². The Morgan fingerprint density at radius 3 is 2.53 bits per heavy atom. The second-order valence-corrected chi connectivity index (χ2v) is 10.3. The van der Waals surface area contributed by atoms with Gasteiger partial charge in [-0.2, -0.15) is 0 Å². The number of carboxylic acid groups (broad SMARTS) is 1. The lowest BCUT2D eigenvalue weighted by Crippen LogP contribution is -2.31. The van der Waals surface area contributed by atoms with Crippen molar-refractivity contribution in [2.75, 3.05) is 0 Å². The zero-order chi connectivity index (χ0) is 24.8. The van der Waals surface area contributed by atoms with Crippen LogP contribution in [0.15, 0.2) is 59.5 Å². The number of aliphatic hydroxyl groups excluding tert-OH is 1. The van der Waals surface area contributed by atoms with Crippen molar-refractivity contribution in [3.63, 3.8) is 0 Å². The summed E-state index contributed by atoms with van der Waals surface area (Å²) in [7, 11) is 0. The van der Waals surface area contributed by atoms with Gasteiger partial charge >= 0.3 is 11.9 Å². The number of carbonyl (C=O) groups excluding carboxylic acids is 1. The molecule has 0 radical (unpaired) electrons. The van der Waals surface area contributed by atoms with E-state index < -0.39 is 12.1 Å². The topological polar surface area (TPSA) is 83.8 Å². The number of unbranched alkanes of at least 4 members (excludes halogenated alkanes) is 4. The molecular weight excluding hydrogens is 448 g/mol. The smallest absolute Gasteiger partial charge is 0.303 e. The molecule has 34 heavy (non-hydrogen) atoms. The number of thioether (sulfide) groups is 1. The maximum atomic E-state index is 11.8. The fourth-order valence-corrected chi connectivity index (χ4v) is 5.97. The van der Waals surface area contributed by atoms with Gasteiger partial charge in [0.05, 0.1) is 6.10 Å². The molecule has 2 rings (SSSR count). The number of ether oxygens (including phenoxy) is 1. The van der Waals surface area contributed by atoms with Crippen molar-refractivity contribution in [2.45, 2.75) is 94.0 Å². The number of rotatable bonds is 15. The van der Waals surface area contributed by atoms with E-state index in [0.717, 1.165) is 17.7 Å². The molecule has 0 aromatic heterocycles. The molecule has 5 nitrogen and oxygen atoms in total. The lowest BCUT2D eigenvalue weighted by atomic mass is 9.87. The highest BCUT2D eigenvalue weighted by Crippen LogP contribution is 2.45. The fourth-order valence-electron chi connectivity index (χ4n) is 4.61. The van der Waals surface area contributed by atoms with Crippen LogP contribution in [0, 0.1) is 11.8 Å². The number of benzene rings is 1. The Hall–Kier alpha value is -2.05. The average molecular weight is 489 g/mol. The highest BCUT2D eigenvalue weighted by atomic mass is 32.2. The summed E-state index contributed by atoms with van der Waals surface area (Å²) in [5, 5.41) is 20.0. The van der Waals surface area contributed by atoms with Crippen LogP contribution in [0.1, 0.15) is 71.6 Å². The van der Waals surface area contributed by atoms with Gasteiger partial charge in [-0.3, -0.25) is 9.59 Å². The molecule has 1 fully saturated rings. The number of aliphatic hydroxyl groups is 1. The number of esters is 1. The van der Waals surface area contributed by atoms with Crippen molar-refractivity contribution in [2.24, 2.45) is 11.8 Å². The van der Waals surface area contributed by atoms with E-state index in [4.69, 9.17) is 9.84 Å². The molecule has 0 aliphatic heterocycles. The van der Waals surface area contributed by atoms with Gasteiger partial charge in [0, 0.05) is 41.7 Å². The largest absolute Gasteiger partial charge is 0.481 e. The summed E-state index contributed by atoms with van der Waals surface area (Å²) in [6, 6.07) is 10.2. The van der Waals surface area contributed by atoms with Gasteiger partial charge in [0.2, 0.25) is 0 Å². The first-order valence-electron chi connectivity index (χ1n) is 12.5. The molecule has 1 aromatic carbocycles. The van der Waals surface area contributed by atoms with Crippen LogP contribution >= 0.6 is 11.8 Å². The molecule has 5 atom stereocenters. The van der Waals surface area contributed by atoms with Crippen LogP contribution in [0.3, 0.4) is 0 Å². The maximum absolute atomic E-state index is 11.8. The fraction of sp³-hybridized carbons (Fsp3) is 0.571. The SMILES string of the molecule is CCCCC/C=C/[C@@H](Sc1ccccc1)[C@H]1[C@@H](C/C=C\CCCC(=O)O)[C@H](OC(C)=O)C[C@@H]1O.